The topological polar surface area (TPSA) is 98.5 Å². The van der Waals surface area contributed by atoms with Crippen molar-refractivity contribution in [2.75, 3.05) is 12.4 Å². The zero-order chi connectivity index (χ0) is 27.7. The second-order valence-electron chi connectivity index (χ2n) is 8.76. The number of nitro groups is 1. The Labute approximate surface area is 224 Å². The maximum atomic E-state index is 13.1. The number of allylic oxidation sites excluding steroid dienone is 3. The third kappa shape index (κ3) is 7.43. The monoisotopic (exact) mass is 532 g/mol. The Morgan fingerprint density at radius 2 is 1.74 bits per heavy atom. The first-order chi connectivity index (χ1) is 18.1. The number of nitrogens with zero attached hydrogens (tertiary/aromatic N) is 1. The number of hydrogen-bond donors (Lipinski definition) is 1. The Kier molecular flexibility index (Phi) is 9.62. The minimum Gasteiger partial charge on any atom is -0.494 e. The van der Waals surface area contributed by atoms with Crippen molar-refractivity contribution in [2.24, 2.45) is 0 Å². The summed E-state index contributed by atoms with van der Waals surface area (Å²) in [6.45, 7) is 10.6. The molecule has 3 aromatic rings. The van der Waals surface area contributed by atoms with E-state index in [0.29, 0.717) is 18.7 Å². The van der Waals surface area contributed by atoms with Crippen molar-refractivity contribution in [2.45, 2.75) is 32.2 Å². The van der Waals surface area contributed by atoms with Gasteiger partial charge in [-0.1, -0.05) is 55.1 Å². The molecule has 1 N–H and O–H groups in total. The third-order valence-electron chi connectivity index (χ3n) is 5.98. The molecule has 7 nitrogen and oxygen atoms in total. The molecule has 0 aliphatic rings. The Bertz CT molecular complexity index is 1460. The molecule has 198 valence electrons. The summed E-state index contributed by atoms with van der Waals surface area (Å²) >= 11 is 0. The number of rotatable bonds is 12. The molecule has 0 unspecified atom stereocenters. The Morgan fingerprint density at radius 1 is 1.05 bits per heavy atom. The van der Waals surface area contributed by atoms with Crippen LogP contribution in [-0.4, -0.2) is 25.7 Å². The van der Waals surface area contributed by atoms with Crippen LogP contribution in [0.25, 0.3) is 11.1 Å². The van der Waals surface area contributed by atoms with Gasteiger partial charge in [-0.05, 0) is 73.0 Å². The highest BCUT2D eigenvalue weighted by Crippen LogP contribution is 2.26. The van der Waals surface area contributed by atoms with Crippen molar-refractivity contribution in [3.05, 3.63) is 130 Å². The minimum atomic E-state index is -3.79. The highest BCUT2D eigenvalue weighted by Gasteiger charge is 2.20. The second-order valence-corrected chi connectivity index (χ2v) is 10.8. The van der Waals surface area contributed by atoms with E-state index in [0.717, 1.165) is 16.7 Å². The highest BCUT2D eigenvalue weighted by atomic mass is 32.2. The molecule has 0 spiro atoms. The quantitative estimate of drug-likeness (QED) is 0.123. The van der Waals surface area contributed by atoms with Gasteiger partial charge in [0.15, 0.2) is 9.84 Å². The number of benzene rings is 3. The zero-order valence-electron chi connectivity index (χ0n) is 21.8. The van der Waals surface area contributed by atoms with Crippen LogP contribution in [0, 0.1) is 17.0 Å². The standard InChI is InChI=1S/C30H32N2O5S/c1-5-37-24(4)27(21-38(35,36)29-16-14-28(15-17-29)32(33)34)18-22(2)19-31-20-26-12-9-13-30(23(26)3)25-10-7-6-8-11-25/h6-19,31H,4-5,20-21H2,1-3H3/b22-19+,27-18-. The van der Waals surface area contributed by atoms with Crippen molar-refractivity contribution in [3.8, 4) is 11.1 Å². The fraction of sp³-hybridized carbons (Fsp3) is 0.200. The summed E-state index contributed by atoms with van der Waals surface area (Å²) in [7, 11) is -3.79. The molecule has 0 aliphatic heterocycles. The number of ether oxygens (including phenoxy) is 1. The molecule has 8 heteroatoms. The van der Waals surface area contributed by atoms with Crippen molar-refractivity contribution < 1.29 is 18.1 Å². The van der Waals surface area contributed by atoms with Crippen molar-refractivity contribution >= 4 is 15.5 Å². The fourth-order valence-corrected chi connectivity index (χ4v) is 5.35. The summed E-state index contributed by atoms with van der Waals surface area (Å²) in [5.74, 6) is -0.0929. The molecule has 0 bridgehead atoms. The van der Waals surface area contributed by atoms with Gasteiger partial charge in [-0.25, -0.2) is 8.42 Å². The van der Waals surface area contributed by atoms with E-state index in [-0.39, 0.29) is 22.1 Å². The molecule has 0 aromatic heterocycles. The van der Waals surface area contributed by atoms with Gasteiger partial charge in [-0.2, -0.15) is 0 Å². The smallest absolute Gasteiger partial charge is 0.269 e. The summed E-state index contributed by atoms with van der Waals surface area (Å²) in [6.07, 6.45) is 3.55. The largest absolute Gasteiger partial charge is 0.494 e. The van der Waals surface area contributed by atoms with Gasteiger partial charge in [0.2, 0.25) is 0 Å². The normalized spacial score (nSPS) is 12.2. The van der Waals surface area contributed by atoms with Crippen LogP contribution in [0.2, 0.25) is 0 Å². The summed E-state index contributed by atoms with van der Waals surface area (Å²) in [5, 5.41) is 14.2. The van der Waals surface area contributed by atoms with Crippen molar-refractivity contribution in [1.82, 2.24) is 5.32 Å². The fourth-order valence-electron chi connectivity index (χ4n) is 3.98. The van der Waals surface area contributed by atoms with Gasteiger partial charge < -0.3 is 10.1 Å². The van der Waals surface area contributed by atoms with E-state index in [9.17, 15) is 18.5 Å². The van der Waals surface area contributed by atoms with Crippen molar-refractivity contribution in [1.29, 1.82) is 0 Å². The molecular formula is C30H32N2O5S. The van der Waals surface area contributed by atoms with Crippen LogP contribution in [-0.2, 0) is 21.1 Å². The second kappa shape index (κ2) is 12.9. The summed E-state index contributed by atoms with van der Waals surface area (Å²) < 4.78 is 31.6. The van der Waals surface area contributed by atoms with E-state index >= 15 is 0 Å². The lowest BCUT2D eigenvalue weighted by atomic mass is 9.96. The lowest BCUT2D eigenvalue weighted by Crippen LogP contribution is -2.12. The van der Waals surface area contributed by atoms with E-state index < -0.39 is 14.8 Å². The first-order valence-corrected chi connectivity index (χ1v) is 13.8. The van der Waals surface area contributed by atoms with Gasteiger partial charge in [-0.15, -0.1) is 0 Å². The predicted molar refractivity (Wildman–Crippen MR) is 151 cm³/mol. The van der Waals surface area contributed by atoms with E-state index in [4.69, 9.17) is 4.74 Å². The van der Waals surface area contributed by atoms with Crippen LogP contribution in [0.4, 0.5) is 5.69 Å². The molecule has 0 radical (unpaired) electrons. The zero-order valence-corrected chi connectivity index (χ0v) is 22.6. The van der Waals surface area contributed by atoms with Crippen LogP contribution >= 0.6 is 0 Å². The van der Waals surface area contributed by atoms with Gasteiger partial charge >= 0.3 is 0 Å². The average molecular weight is 533 g/mol. The van der Waals surface area contributed by atoms with Crippen LogP contribution in [0.1, 0.15) is 25.0 Å². The lowest BCUT2D eigenvalue weighted by molar-refractivity contribution is -0.384. The molecule has 0 atom stereocenters. The SMILES string of the molecule is C=C(OCC)/C(=C\C(C)=C\NCc1cccc(-c2ccccc2)c1C)CS(=O)(=O)c1ccc([N+](=O)[O-])cc1. The first kappa shape index (κ1) is 28.4. The Balaban J connectivity index is 1.78. The van der Waals surface area contributed by atoms with E-state index in [1.807, 2.05) is 37.4 Å². The number of nitro benzene ring substituents is 1. The van der Waals surface area contributed by atoms with Gasteiger partial charge in [0, 0.05) is 24.3 Å². The van der Waals surface area contributed by atoms with E-state index in [2.05, 4.69) is 43.1 Å². The Morgan fingerprint density at radius 3 is 2.37 bits per heavy atom. The summed E-state index contributed by atoms with van der Waals surface area (Å²) in [5.41, 5.74) is 5.70. The van der Waals surface area contributed by atoms with Crippen LogP contribution in [0.3, 0.4) is 0 Å². The van der Waals surface area contributed by atoms with Crippen LogP contribution < -0.4 is 5.32 Å². The molecule has 0 fully saturated rings. The Hall–Kier alpha value is -4.17. The van der Waals surface area contributed by atoms with E-state index in [1.165, 1.54) is 35.4 Å². The maximum Gasteiger partial charge on any atom is 0.269 e. The maximum absolute atomic E-state index is 13.1. The van der Waals surface area contributed by atoms with Gasteiger partial charge in [0.05, 0.1) is 22.2 Å². The lowest BCUT2D eigenvalue weighted by Gasteiger charge is -2.14. The molecule has 0 amide bonds. The van der Waals surface area contributed by atoms with E-state index in [1.54, 1.807) is 13.0 Å². The molecule has 0 saturated heterocycles. The molecule has 0 heterocycles. The van der Waals surface area contributed by atoms with Gasteiger partial charge in [-0.3, -0.25) is 10.1 Å². The third-order valence-corrected chi connectivity index (χ3v) is 7.67. The molecule has 3 rings (SSSR count). The number of sulfone groups is 1. The molecular weight excluding hydrogens is 500 g/mol. The number of nitrogens with one attached hydrogen (secondary N) is 1. The summed E-state index contributed by atoms with van der Waals surface area (Å²) in [6, 6.07) is 21.3. The molecule has 0 aliphatic carbocycles. The predicted octanol–water partition coefficient (Wildman–Crippen LogP) is 6.51. The highest BCUT2D eigenvalue weighted by molar-refractivity contribution is 7.91. The van der Waals surface area contributed by atoms with Crippen LogP contribution in [0.15, 0.2) is 113 Å². The summed E-state index contributed by atoms with van der Waals surface area (Å²) in [4.78, 5) is 10.3. The average Bonchev–Trinajstić information content (AvgIpc) is 2.90. The van der Waals surface area contributed by atoms with Gasteiger partial charge in [0.25, 0.3) is 5.69 Å². The molecule has 3 aromatic carbocycles. The van der Waals surface area contributed by atoms with Crippen molar-refractivity contribution in [3.63, 3.8) is 0 Å². The molecule has 38 heavy (non-hydrogen) atoms. The number of hydrogen-bond acceptors (Lipinski definition) is 6. The van der Waals surface area contributed by atoms with Crippen LogP contribution in [0.5, 0.6) is 0 Å². The van der Waals surface area contributed by atoms with Gasteiger partial charge in [0.1, 0.15) is 5.76 Å². The number of non-ortho nitro benzene ring substituents is 1. The first-order valence-electron chi connectivity index (χ1n) is 12.2. The molecule has 0 saturated carbocycles. The minimum absolute atomic E-state index is 0.00757.